The minimum absolute atomic E-state index is 0.0639. The molecule has 2 aromatic carbocycles. The summed E-state index contributed by atoms with van der Waals surface area (Å²) in [5.74, 6) is -1.76. The Morgan fingerprint density at radius 3 is 1.84 bits per heavy atom. The number of benzene rings is 2. The maximum atomic E-state index is 12.4. The lowest BCUT2D eigenvalue weighted by Gasteiger charge is -2.33. The molecule has 0 aliphatic heterocycles. The molecule has 1 aromatic heterocycles. The molecule has 3 aromatic rings. The molecule has 0 radical (unpaired) electrons. The number of aryl methyl sites for hydroxylation is 1. The van der Waals surface area contributed by atoms with Gasteiger partial charge in [0.2, 0.25) is 5.91 Å². The van der Waals surface area contributed by atoms with E-state index >= 15 is 0 Å². The van der Waals surface area contributed by atoms with E-state index in [2.05, 4.69) is 31.7 Å². The molecule has 2 amide bonds. The van der Waals surface area contributed by atoms with E-state index in [1.165, 1.54) is 4.90 Å². The van der Waals surface area contributed by atoms with Gasteiger partial charge in [0, 0.05) is 19.6 Å². The molecule has 1 unspecified atom stereocenters. The van der Waals surface area contributed by atoms with E-state index in [0.29, 0.717) is 13.0 Å². The fourth-order valence-electron chi connectivity index (χ4n) is 6.31. The number of aliphatic imine (C=N–C) groups is 1. The molecular formula is C38H59ClN10O12. The Bertz CT molecular complexity index is 1870. The number of guanidine groups is 1. The highest BCUT2D eigenvalue weighted by molar-refractivity contribution is 6.31. The van der Waals surface area contributed by atoms with E-state index in [4.69, 9.17) is 44.7 Å². The first-order valence-electron chi connectivity index (χ1n) is 19.5. The minimum Gasteiger partial charge on any atom is -0.394 e. The van der Waals surface area contributed by atoms with E-state index < -0.39 is 93.0 Å². The van der Waals surface area contributed by atoms with Crippen molar-refractivity contribution in [2.24, 2.45) is 16.5 Å². The lowest BCUT2D eigenvalue weighted by Crippen LogP contribution is -2.53. The number of primary amides is 1. The van der Waals surface area contributed by atoms with Gasteiger partial charge in [-0.2, -0.15) is 0 Å². The van der Waals surface area contributed by atoms with Crippen molar-refractivity contribution < 1.29 is 60.7 Å². The molecule has 22 nitrogen and oxygen atoms in total. The Kier molecular flexibility index (Phi) is 20.8. The first-order chi connectivity index (χ1) is 28.9. The van der Waals surface area contributed by atoms with Crippen molar-refractivity contribution >= 4 is 51.8 Å². The number of halogens is 1. The van der Waals surface area contributed by atoms with Crippen LogP contribution in [0.15, 0.2) is 41.4 Å². The Morgan fingerprint density at radius 2 is 1.28 bits per heavy atom. The Labute approximate surface area is 356 Å². The van der Waals surface area contributed by atoms with Gasteiger partial charge in [-0.3, -0.25) is 24.8 Å². The van der Waals surface area contributed by atoms with Crippen molar-refractivity contribution in [3.05, 3.63) is 58.4 Å². The van der Waals surface area contributed by atoms with Crippen LogP contribution in [0.3, 0.4) is 0 Å². The number of rotatable bonds is 26. The third-order valence-corrected chi connectivity index (χ3v) is 10.1. The summed E-state index contributed by atoms with van der Waals surface area (Å²) < 4.78 is 0. The van der Waals surface area contributed by atoms with Gasteiger partial charge in [-0.1, -0.05) is 48.0 Å². The van der Waals surface area contributed by atoms with Crippen LogP contribution in [0.25, 0.3) is 10.8 Å². The fraction of sp³-hybridized carbons (Fsp3) is 0.553. The molecule has 340 valence electrons. The van der Waals surface area contributed by atoms with E-state index in [1.54, 1.807) is 0 Å². The highest BCUT2D eigenvalue weighted by atomic mass is 35.5. The van der Waals surface area contributed by atoms with Crippen molar-refractivity contribution in [3.8, 4) is 0 Å². The first kappa shape index (κ1) is 51.0. The number of carbonyl (C=O) groups excluding carboxylic acids is 2. The van der Waals surface area contributed by atoms with Crippen molar-refractivity contribution in [1.82, 2.24) is 25.5 Å². The van der Waals surface area contributed by atoms with Crippen LogP contribution in [-0.2, 0) is 17.6 Å². The summed E-state index contributed by atoms with van der Waals surface area (Å²) in [6.45, 7) is -2.00. The summed E-state index contributed by atoms with van der Waals surface area (Å²) in [4.78, 5) is 38.0. The number of nitrogens with two attached hydrogens (primary N) is 4. The highest BCUT2D eigenvalue weighted by Crippen LogP contribution is 2.21. The topological polar surface area (TPSA) is 406 Å². The van der Waals surface area contributed by atoms with E-state index in [9.17, 15) is 50.4 Å². The molecule has 0 spiro atoms. The van der Waals surface area contributed by atoms with E-state index in [1.807, 2.05) is 30.3 Å². The molecule has 3 rings (SSSR count). The second kappa shape index (κ2) is 24.9. The standard InChI is InChI=1S/C38H59ClN10O12/c39-33-35(41)47-34(40)28(46-33)37(61)48-38(43)45-9-2-1-4-19-5-7-22-13-20(6-8-21(22)12-19)14-23(36(42)60)44-10-3-11-49(15-24(52)29(56)31(58)26(54)17-50)16-25(53)30(57)32(59)27(55)18-51/h5-8,12-13,23-27,29-32,44,50-59H,1-4,9-11,14-18H2,(H2,42,60)(H4,40,41,47)(H3,43,45,48,61)/t23-,24-,25-,26+,27?,29+,30+,31+,32+/m0/s1. The van der Waals surface area contributed by atoms with Crippen LogP contribution < -0.4 is 33.6 Å². The van der Waals surface area contributed by atoms with Crippen LogP contribution in [0.2, 0.25) is 5.15 Å². The second-order valence-electron chi connectivity index (χ2n) is 14.7. The van der Waals surface area contributed by atoms with Gasteiger partial charge in [0.15, 0.2) is 28.4 Å². The summed E-state index contributed by atoms with van der Waals surface area (Å²) in [5, 5.41) is 107. The average molecular weight is 883 g/mol. The lowest BCUT2D eigenvalue weighted by atomic mass is 9.98. The summed E-state index contributed by atoms with van der Waals surface area (Å²) in [6, 6.07) is 11.0. The third-order valence-electron chi connectivity index (χ3n) is 9.85. The Morgan fingerprint density at radius 1 is 0.738 bits per heavy atom. The normalized spacial score (nSPS) is 16.7. The number of nitrogens with one attached hydrogen (secondary N) is 2. The van der Waals surface area contributed by atoms with Crippen molar-refractivity contribution in [3.63, 3.8) is 0 Å². The summed E-state index contributed by atoms with van der Waals surface area (Å²) in [5.41, 5.74) is 24.5. The predicted octanol–water partition coefficient (Wildman–Crippen LogP) is -4.94. The predicted molar refractivity (Wildman–Crippen MR) is 225 cm³/mol. The van der Waals surface area contributed by atoms with Gasteiger partial charge in [0.05, 0.1) is 31.5 Å². The summed E-state index contributed by atoms with van der Waals surface area (Å²) in [6.07, 6.45) is -11.9. The van der Waals surface area contributed by atoms with Gasteiger partial charge < -0.3 is 79.3 Å². The monoisotopic (exact) mass is 882 g/mol. The zero-order valence-electron chi connectivity index (χ0n) is 33.4. The maximum Gasteiger partial charge on any atom is 0.280 e. The van der Waals surface area contributed by atoms with Crippen LogP contribution in [0.5, 0.6) is 0 Å². The highest BCUT2D eigenvalue weighted by Gasteiger charge is 2.34. The van der Waals surface area contributed by atoms with Gasteiger partial charge in [0.25, 0.3) is 5.91 Å². The Balaban J connectivity index is 1.54. The molecule has 0 aliphatic carbocycles. The van der Waals surface area contributed by atoms with Crippen LogP contribution in [-0.4, -0.2) is 185 Å². The summed E-state index contributed by atoms with van der Waals surface area (Å²) in [7, 11) is 0. The van der Waals surface area contributed by atoms with Crippen molar-refractivity contribution in [1.29, 1.82) is 0 Å². The van der Waals surface area contributed by atoms with Crippen LogP contribution >= 0.6 is 11.6 Å². The van der Waals surface area contributed by atoms with Crippen molar-refractivity contribution in [2.75, 3.05) is 57.4 Å². The molecule has 0 saturated heterocycles. The Hall–Kier alpha value is -4.40. The van der Waals surface area contributed by atoms with E-state index in [0.717, 1.165) is 34.7 Å². The van der Waals surface area contributed by atoms with Gasteiger partial charge in [-0.25, -0.2) is 9.97 Å². The molecule has 0 aliphatic rings. The average Bonchev–Trinajstić information content (AvgIpc) is 3.23. The number of aliphatic hydroxyl groups excluding tert-OH is 10. The fourth-order valence-corrected chi connectivity index (χ4v) is 6.43. The first-order valence-corrected chi connectivity index (χ1v) is 19.9. The number of unbranched alkanes of at least 4 members (excludes halogenated alkanes) is 1. The number of amides is 2. The molecular weight excluding hydrogens is 824 g/mol. The zero-order chi connectivity index (χ0) is 45.4. The van der Waals surface area contributed by atoms with Gasteiger partial charge in [0.1, 0.15) is 36.6 Å². The smallest absolute Gasteiger partial charge is 0.280 e. The van der Waals surface area contributed by atoms with Gasteiger partial charge >= 0.3 is 0 Å². The van der Waals surface area contributed by atoms with Crippen LogP contribution in [0, 0.1) is 0 Å². The van der Waals surface area contributed by atoms with Crippen molar-refractivity contribution in [2.45, 2.75) is 87.0 Å². The van der Waals surface area contributed by atoms with Crippen LogP contribution in [0.1, 0.15) is 40.9 Å². The quantitative estimate of drug-likeness (QED) is 0.0204. The number of hydrogen-bond donors (Lipinski definition) is 16. The molecule has 0 bridgehead atoms. The van der Waals surface area contributed by atoms with Crippen LogP contribution in [0.4, 0.5) is 11.6 Å². The lowest BCUT2D eigenvalue weighted by molar-refractivity contribution is -0.130. The number of aliphatic hydroxyl groups is 10. The SMILES string of the molecule is NC(=O)[C@H](Cc1ccc2cc(CCCCN=C(N)NC(=O)c3nc(Cl)c(N)nc3N)ccc2c1)NCCCN(C[C@H](O)[C@@H](O)[C@H](O)[C@H](O)CO)C[C@H](O)[C@@H](O)[C@H](O)C(O)CO. The number of aromatic nitrogens is 2. The number of nitrogens with zero attached hydrogens (tertiary/aromatic N) is 4. The zero-order valence-corrected chi connectivity index (χ0v) is 34.2. The molecule has 23 heteroatoms. The molecule has 1 heterocycles. The minimum atomic E-state index is -1.92. The third kappa shape index (κ3) is 15.8. The van der Waals surface area contributed by atoms with Gasteiger partial charge in [-0.15, -0.1) is 0 Å². The largest absolute Gasteiger partial charge is 0.394 e. The molecule has 61 heavy (non-hydrogen) atoms. The van der Waals surface area contributed by atoms with Gasteiger partial charge in [-0.05, 0) is 67.1 Å². The molecule has 0 fully saturated rings. The number of carbonyl (C=O) groups is 2. The maximum absolute atomic E-state index is 12.4. The number of anilines is 2. The number of fused-ring (bicyclic) bond motifs is 1. The number of hydrogen-bond acceptors (Lipinski definition) is 19. The second-order valence-corrected chi connectivity index (χ2v) is 15.0. The number of nitrogen functional groups attached to an aromatic ring is 2. The van der Waals surface area contributed by atoms with E-state index in [-0.39, 0.29) is 54.4 Å². The molecule has 0 saturated carbocycles. The summed E-state index contributed by atoms with van der Waals surface area (Å²) >= 11 is 5.83. The molecule has 9 atom stereocenters. The molecule has 20 N–H and O–H groups in total.